The molecule has 7 heteroatoms. The third-order valence-electron chi connectivity index (χ3n) is 4.60. The van der Waals surface area contributed by atoms with E-state index in [4.69, 9.17) is 10.7 Å². The average Bonchev–Trinajstić information content (AvgIpc) is 2.98. The number of aliphatic imine (C=N–C) groups is 1. The quantitative estimate of drug-likeness (QED) is 0.706. The van der Waals surface area contributed by atoms with Gasteiger partial charge >= 0.3 is 0 Å². The molecule has 7 nitrogen and oxygen atoms in total. The number of aryl methyl sites for hydroxylation is 1. The van der Waals surface area contributed by atoms with Gasteiger partial charge < -0.3 is 11.1 Å². The second kappa shape index (κ2) is 6.49. The average molecular weight is 349 g/mol. The van der Waals surface area contributed by atoms with Crippen LogP contribution in [-0.2, 0) is 0 Å². The van der Waals surface area contributed by atoms with Crippen molar-refractivity contribution in [3.05, 3.63) is 36.3 Å². The molecular formula is C19H23N7. The van der Waals surface area contributed by atoms with Gasteiger partial charge in [-0.1, -0.05) is 0 Å². The van der Waals surface area contributed by atoms with Crippen LogP contribution >= 0.6 is 0 Å². The van der Waals surface area contributed by atoms with Crippen LogP contribution in [0.4, 0.5) is 11.6 Å². The number of nitrogens with one attached hydrogen (secondary N) is 1. The molecule has 0 spiro atoms. The minimum Gasteiger partial charge on any atom is -0.350 e. The molecule has 0 saturated heterocycles. The number of rotatable bonds is 4. The van der Waals surface area contributed by atoms with Crippen LogP contribution in [0.2, 0.25) is 0 Å². The minimum absolute atomic E-state index is 0.299. The van der Waals surface area contributed by atoms with E-state index in [-0.39, 0.29) is 0 Å². The highest BCUT2D eigenvalue weighted by molar-refractivity contribution is 5.83. The summed E-state index contributed by atoms with van der Waals surface area (Å²) in [7, 11) is 0. The lowest BCUT2D eigenvalue weighted by atomic mass is 9.88. The summed E-state index contributed by atoms with van der Waals surface area (Å²) in [5.74, 6) is 0.629. The number of anilines is 1. The molecule has 3 aromatic heterocycles. The Balaban J connectivity index is 1.63. The smallest absolute Gasteiger partial charge is 0.241 e. The molecule has 3 heterocycles. The predicted octanol–water partition coefficient (Wildman–Crippen LogP) is 3.11. The Hall–Kier alpha value is -2.80. The predicted molar refractivity (Wildman–Crippen MR) is 104 cm³/mol. The van der Waals surface area contributed by atoms with Crippen molar-refractivity contribution in [2.75, 3.05) is 5.32 Å². The summed E-state index contributed by atoms with van der Waals surface area (Å²) in [6, 6.07) is 6.68. The van der Waals surface area contributed by atoms with Crippen LogP contribution in [-0.4, -0.2) is 37.4 Å². The number of pyridine rings is 1. The fraction of sp³-hybridized carbons (Fsp3) is 0.368. The fourth-order valence-electron chi connectivity index (χ4n) is 3.21. The topological polar surface area (TPSA) is 93.5 Å². The van der Waals surface area contributed by atoms with Gasteiger partial charge in [-0.05, 0) is 51.8 Å². The van der Waals surface area contributed by atoms with E-state index in [0.717, 1.165) is 46.7 Å². The molecule has 0 radical (unpaired) electrons. The van der Waals surface area contributed by atoms with Crippen LogP contribution in [0.5, 0.6) is 0 Å². The lowest BCUT2D eigenvalue weighted by Crippen LogP contribution is -2.44. The molecule has 0 amide bonds. The van der Waals surface area contributed by atoms with Gasteiger partial charge in [0.2, 0.25) is 5.95 Å². The maximum atomic E-state index is 5.83. The molecule has 1 saturated carbocycles. The second-order valence-electron chi connectivity index (χ2n) is 7.07. The van der Waals surface area contributed by atoms with Gasteiger partial charge in [-0.15, -0.1) is 5.10 Å². The Kier molecular flexibility index (Phi) is 4.16. The summed E-state index contributed by atoms with van der Waals surface area (Å²) < 4.78 is 1.84. The van der Waals surface area contributed by atoms with E-state index in [9.17, 15) is 0 Å². The van der Waals surface area contributed by atoms with Crippen molar-refractivity contribution < 1.29 is 0 Å². The summed E-state index contributed by atoms with van der Waals surface area (Å²) >= 11 is 0. The van der Waals surface area contributed by atoms with Gasteiger partial charge in [-0.3, -0.25) is 9.98 Å². The lowest BCUT2D eigenvalue weighted by Gasteiger charge is -2.32. The standard InChI is InChI=1S/C19H23N7/c1-11(2)22-16-4-5-17(23-12(16)3)15-6-7-26-18(15)10-21-19(25-26)24-14-8-13(20)9-14/h4-7,10,13-14H,8-9,20H2,1-3H3,(H,24,25). The van der Waals surface area contributed by atoms with Gasteiger partial charge in [0.1, 0.15) is 0 Å². The van der Waals surface area contributed by atoms with Crippen LogP contribution in [0.15, 0.2) is 35.6 Å². The van der Waals surface area contributed by atoms with E-state index < -0.39 is 0 Å². The Labute approximate surface area is 152 Å². The molecular weight excluding hydrogens is 326 g/mol. The Morgan fingerprint density at radius 2 is 2.08 bits per heavy atom. The summed E-state index contributed by atoms with van der Waals surface area (Å²) in [4.78, 5) is 13.7. The molecule has 0 bridgehead atoms. The van der Waals surface area contributed by atoms with E-state index >= 15 is 0 Å². The van der Waals surface area contributed by atoms with Crippen molar-refractivity contribution >= 4 is 22.9 Å². The van der Waals surface area contributed by atoms with Crippen LogP contribution in [0, 0.1) is 6.92 Å². The lowest BCUT2D eigenvalue weighted by molar-refractivity contribution is 0.371. The van der Waals surface area contributed by atoms with Gasteiger partial charge in [0.25, 0.3) is 0 Å². The highest BCUT2D eigenvalue weighted by Crippen LogP contribution is 2.27. The molecule has 0 unspecified atom stereocenters. The molecule has 1 aliphatic rings. The first-order valence-electron chi connectivity index (χ1n) is 8.86. The largest absolute Gasteiger partial charge is 0.350 e. The molecule has 4 rings (SSSR count). The van der Waals surface area contributed by atoms with Crippen LogP contribution in [0.1, 0.15) is 32.4 Å². The monoisotopic (exact) mass is 349 g/mol. The third-order valence-corrected chi connectivity index (χ3v) is 4.60. The number of hydrogen-bond donors (Lipinski definition) is 2. The fourth-order valence-corrected chi connectivity index (χ4v) is 3.21. The highest BCUT2D eigenvalue weighted by Gasteiger charge is 2.26. The number of fused-ring (bicyclic) bond motifs is 1. The maximum absolute atomic E-state index is 5.83. The molecule has 0 aliphatic heterocycles. The molecule has 0 atom stereocenters. The van der Waals surface area contributed by atoms with Gasteiger partial charge in [-0.2, -0.15) is 0 Å². The zero-order valence-electron chi connectivity index (χ0n) is 15.3. The van der Waals surface area contributed by atoms with Crippen LogP contribution < -0.4 is 11.1 Å². The Morgan fingerprint density at radius 1 is 1.27 bits per heavy atom. The van der Waals surface area contributed by atoms with Crippen LogP contribution in [0.3, 0.4) is 0 Å². The number of nitrogens with zero attached hydrogens (tertiary/aromatic N) is 5. The first-order valence-corrected chi connectivity index (χ1v) is 8.86. The molecule has 1 aliphatic carbocycles. The number of nitrogens with two attached hydrogens (primary N) is 1. The van der Waals surface area contributed by atoms with E-state index in [1.54, 1.807) is 0 Å². The van der Waals surface area contributed by atoms with Crippen molar-refractivity contribution in [3.63, 3.8) is 0 Å². The van der Waals surface area contributed by atoms with Gasteiger partial charge in [0, 0.05) is 29.6 Å². The normalized spacial score (nSPS) is 19.2. The summed E-state index contributed by atoms with van der Waals surface area (Å²) in [5.41, 5.74) is 11.5. The number of hydrogen-bond acceptors (Lipinski definition) is 6. The molecule has 3 aromatic rings. The summed E-state index contributed by atoms with van der Waals surface area (Å²) in [6.07, 6.45) is 5.70. The number of aromatic nitrogens is 4. The van der Waals surface area contributed by atoms with Crippen molar-refractivity contribution in [2.45, 2.75) is 45.7 Å². The summed E-state index contributed by atoms with van der Waals surface area (Å²) in [6.45, 7) is 5.94. The summed E-state index contributed by atoms with van der Waals surface area (Å²) in [5, 5.41) is 7.88. The van der Waals surface area contributed by atoms with E-state index in [2.05, 4.69) is 20.4 Å². The maximum Gasteiger partial charge on any atom is 0.241 e. The van der Waals surface area contributed by atoms with E-state index in [1.807, 2.05) is 55.9 Å². The van der Waals surface area contributed by atoms with E-state index in [1.165, 1.54) is 0 Å². The minimum atomic E-state index is 0.299. The van der Waals surface area contributed by atoms with Crippen LogP contribution in [0.25, 0.3) is 16.8 Å². The van der Waals surface area contributed by atoms with Gasteiger partial charge in [0.05, 0.1) is 28.8 Å². The third kappa shape index (κ3) is 3.17. The molecule has 0 aromatic carbocycles. The molecule has 1 fully saturated rings. The van der Waals surface area contributed by atoms with Crippen molar-refractivity contribution in [1.82, 2.24) is 19.6 Å². The van der Waals surface area contributed by atoms with Crippen molar-refractivity contribution in [2.24, 2.45) is 10.7 Å². The van der Waals surface area contributed by atoms with Crippen molar-refractivity contribution in [1.29, 1.82) is 0 Å². The Morgan fingerprint density at radius 3 is 2.77 bits per heavy atom. The first-order chi connectivity index (χ1) is 12.5. The van der Waals surface area contributed by atoms with Crippen molar-refractivity contribution in [3.8, 4) is 11.3 Å². The SMILES string of the molecule is CC(C)=Nc1ccc(-c2ccn3nc(NC4CC(N)C4)ncc23)nc1C. The molecule has 26 heavy (non-hydrogen) atoms. The molecule has 3 N–H and O–H groups in total. The van der Waals surface area contributed by atoms with Gasteiger partial charge in [0.15, 0.2) is 0 Å². The van der Waals surface area contributed by atoms with E-state index in [0.29, 0.717) is 18.0 Å². The zero-order chi connectivity index (χ0) is 18.3. The molecule has 134 valence electrons. The first kappa shape index (κ1) is 16.7. The highest BCUT2D eigenvalue weighted by atomic mass is 15.3. The Bertz CT molecular complexity index is 979. The zero-order valence-corrected chi connectivity index (χ0v) is 15.3. The second-order valence-corrected chi connectivity index (χ2v) is 7.07. The van der Waals surface area contributed by atoms with Gasteiger partial charge in [-0.25, -0.2) is 9.50 Å².